The number of nitrogens with zero attached hydrogens (tertiary/aromatic N) is 4. The number of carbonyl (C=O) groups is 4. The van der Waals surface area contributed by atoms with E-state index in [1.54, 1.807) is 47.4 Å². The number of rotatable bonds is 11. The van der Waals surface area contributed by atoms with Crippen molar-refractivity contribution in [3.05, 3.63) is 63.8 Å². The number of hydrogen-bond acceptors (Lipinski definition) is 11. The lowest BCUT2D eigenvalue weighted by Gasteiger charge is -2.25. The first-order valence-electron chi connectivity index (χ1n) is 13.4. The number of carbonyl (C=O) groups excluding carboxylic acids is 4. The van der Waals surface area contributed by atoms with Crippen LogP contribution in [0.2, 0.25) is 5.02 Å². The molecule has 230 valence electrons. The van der Waals surface area contributed by atoms with E-state index < -0.39 is 49.5 Å². The number of benzene rings is 2. The molecule has 0 N–H and O–H groups in total. The van der Waals surface area contributed by atoms with Gasteiger partial charge in [-0.2, -0.15) is 0 Å². The number of ether oxygens (including phenoxy) is 4. The maximum absolute atomic E-state index is 13.5. The molecule has 2 heterocycles. The SMILES string of the molecule is COc1ccc2c(c1)C(CC(=O)OCOC(=O)[C@@H]1CCCN1/[N+]([O-])=N\OCOC(C)=O)C(C)N2C(=O)c1ccc(Cl)cc1. The first-order chi connectivity index (χ1) is 20.6. The highest BCUT2D eigenvalue weighted by molar-refractivity contribution is 6.30. The Morgan fingerprint density at radius 1 is 1.07 bits per heavy atom. The number of methoxy groups -OCH3 is 1. The second kappa shape index (κ2) is 14.1. The molecule has 2 aromatic rings. The summed E-state index contributed by atoms with van der Waals surface area (Å²) in [6.45, 7) is 1.98. The van der Waals surface area contributed by atoms with E-state index in [-0.39, 0.29) is 23.8 Å². The van der Waals surface area contributed by atoms with Crippen molar-refractivity contribution in [1.29, 1.82) is 0 Å². The molecule has 2 aliphatic heterocycles. The van der Waals surface area contributed by atoms with Crippen molar-refractivity contribution < 1.29 is 47.9 Å². The third-order valence-electron chi connectivity index (χ3n) is 7.16. The molecule has 2 aliphatic rings. The monoisotopic (exact) mass is 618 g/mol. The second-order valence-electron chi connectivity index (χ2n) is 9.79. The van der Waals surface area contributed by atoms with Crippen molar-refractivity contribution in [2.24, 2.45) is 5.28 Å². The van der Waals surface area contributed by atoms with Gasteiger partial charge in [-0.3, -0.25) is 14.4 Å². The van der Waals surface area contributed by atoms with E-state index in [1.807, 2.05) is 6.92 Å². The first kappa shape index (κ1) is 31.3. The predicted octanol–water partition coefficient (Wildman–Crippen LogP) is 3.71. The minimum Gasteiger partial charge on any atom is -0.569 e. The Balaban J connectivity index is 1.36. The van der Waals surface area contributed by atoms with Gasteiger partial charge in [0.25, 0.3) is 12.7 Å². The van der Waals surface area contributed by atoms with E-state index in [0.29, 0.717) is 34.9 Å². The number of amides is 1. The quantitative estimate of drug-likeness (QED) is 0.0902. The molecule has 15 heteroatoms. The number of esters is 3. The summed E-state index contributed by atoms with van der Waals surface area (Å²) in [5, 5.41) is 17.0. The Morgan fingerprint density at radius 2 is 1.81 bits per heavy atom. The lowest BCUT2D eigenvalue weighted by Crippen LogP contribution is -2.41. The molecule has 1 amide bonds. The lowest BCUT2D eigenvalue weighted by molar-refractivity contribution is -0.712. The molecule has 1 fully saturated rings. The van der Waals surface area contributed by atoms with E-state index >= 15 is 0 Å². The summed E-state index contributed by atoms with van der Waals surface area (Å²) in [6, 6.07) is 10.4. The van der Waals surface area contributed by atoms with Gasteiger partial charge in [0.05, 0.1) is 25.0 Å². The van der Waals surface area contributed by atoms with Gasteiger partial charge in [-0.25, -0.2) is 4.79 Å². The van der Waals surface area contributed by atoms with Crippen molar-refractivity contribution in [3.8, 4) is 5.75 Å². The number of hydrazine groups is 1. The Kier molecular flexibility index (Phi) is 10.2. The molecule has 4 rings (SSSR count). The van der Waals surface area contributed by atoms with Crippen molar-refractivity contribution in [1.82, 2.24) is 5.01 Å². The van der Waals surface area contributed by atoms with Crippen molar-refractivity contribution in [2.45, 2.75) is 51.1 Å². The summed E-state index contributed by atoms with van der Waals surface area (Å²) in [5.41, 5.74) is 1.82. The van der Waals surface area contributed by atoms with Crippen LogP contribution in [0, 0.1) is 5.21 Å². The van der Waals surface area contributed by atoms with Gasteiger partial charge < -0.3 is 33.9 Å². The molecule has 0 aromatic heterocycles. The molecule has 3 atom stereocenters. The number of hydrogen-bond donors (Lipinski definition) is 0. The molecule has 2 aromatic carbocycles. The standard InChI is InChI=1S/C28H31ClN4O10/c1-17-22(23-13-21(39-3)10-11-24(23)32(17)27(36)19-6-8-20(29)9-7-19)14-26(35)41-15-42-28(37)25-5-4-12-31(25)33(38)30-43-16-40-18(2)34/h6-11,13,17,22,25H,4-5,12,14-16H2,1-3H3/b33-30+/t17?,22?,25-/m0/s1. The number of fused-ring (bicyclic) bond motifs is 1. The van der Waals surface area contributed by atoms with Crippen LogP contribution in [0.15, 0.2) is 47.7 Å². The van der Waals surface area contributed by atoms with E-state index in [2.05, 4.69) is 14.9 Å². The summed E-state index contributed by atoms with van der Waals surface area (Å²) in [5.74, 6) is -2.17. The molecule has 1 saturated heterocycles. The van der Waals surface area contributed by atoms with Crippen LogP contribution in [0.25, 0.3) is 0 Å². The fourth-order valence-electron chi connectivity index (χ4n) is 5.05. The summed E-state index contributed by atoms with van der Waals surface area (Å²) < 4.78 is 20.2. The molecular weight excluding hydrogens is 588 g/mol. The highest BCUT2D eigenvalue weighted by Gasteiger charge is 2.41. The smallest absolute Gasteiger partial charge is 0.337 e. The highest BCUT2D eigenvalue weighted by atomic mass is 35.5. The Labute approximate surface area is 252 Å². The van der Waals surface area contributed by atoms with Gasteiger partial charge in [-0.05, 0) is 67.8 Å². The maximum atomic E-state index is 13.5. The molecule has 0 spiro atoms. The van der Waals surface area contributed by atoms with Crippen LogP contribution in [0.3, 0.4) is 0 Å². The number of anilines is 1. The Hall–Kier alpha value is -4.59. The zero-order valence-corrected chi connectivity index (χ0v) is 24.5. The first-order valence-corrected chi connectivity index (χ1v) is 13.8. The van der Waals surface area contributed by atoms with Crippen molar-refractivity contribution in [2.75, 3.05) is 32.1 Å². The van der Waals surface area contributed by atoms with E-state index in [9.17, 15) is 24.4 Å². The minimum absolute atomic E-state index is 0.0821. The van der Waals surface area contributed by atoms with Gasteiger partial charge in [-0.15, -0.1) is 5.01 Å². The van der Waals surface area contributed by atoms with Gasteiger partial charge >= 0.3 is 17.9 Å². The molecule has 0 aliphatic carbocycles. The van der Waals surface area contributed by atoms with E-state index in [1.165, 1.54) is 14.0 Å². The summed E-state index contributed by atoms with van der Waals surface area (Å²) in [6.07, 6.45) is 0.706. The third-order valence-corrected chi connectivity index (χ3v) is 7.41. The molecule has 0 radical (unpaired) electrons. The van der Waals surface area contributed by atoms with Crippen LogP contribution in [0.1, 0.15) is 54.9 Å². The summed E-state index contributed by atoms with van der Waals surface area (Å²) in [4.78, 5) is 56.1. The van der Waals surface area contributed by atoms with Crippen LogP contribution in [0.4, 0.5) is 5.69 Å². The number of halogens is 1. The predicted molar refractivity (Wildman–Crippen MR) is 149 cm³/mol. The largest absolute Gasteiger partial charge is 0.569 e. The summed E-state index contributed by atoms with van der Waals surface area (Å²) >= 11 is 5.99. The van der Waals surface area contributed by atoms with E-state index in [0.717, 1.165) is 10.6 Å². The Morgan fingerprint density at radius 3 is 2.51 bits per heavy atom. The van der Waals surface area contributed by atoms with Crippen LogP contribution in [-0.4, -0.2) is 73.1 Å². The van der Waals surface area contributed by atoms with Crippen LogP contribution in [0.5, 0.6) is 5.75 Å². The molecule has 43 heavy (non-hydrogen) atoms. The Bertz CT molecular complexity index is 1390. The van der Waals surface area contributed by atoms with Gasteiger partial charge in [0.15, 0.2) is 6.04 Å². The topological polar surface area (TPSA) is 159 Å². The zero-order chi connectivity index (χ0) is 31.1. The van der Waals surface area contributed by atoms with Gasteiger partial charge in [0, 0.05) is 35.2 Å². The van der Waals surface area contributed by atoms with E-state index in [4.69, 9.17) is 25.8 Å². The molecular formula is C28H31ClN4O10. The lowest BCUT2D eigenvalue weighted by atomic mass is 9.92. The normalized spacial score (nSPS) is 19.4. The summed E-state index contributed by atoms with van der Waals surface area (Å²) in [7, 11) is 1.52. The zero-order valence-electron chi connectivity index (χ0n) is 23.8. The average Bonchev–Trinajstić information content (AvgIpc) is 3.58. The fraction of sp³-hybridized carbons (Fsp3) is 0.429. The van der Waals surface area contributed by atoms with Gasteiger partial charge in [0.2, 0.25) is 12.1 Å². The molecule has 2 unspecified atom stereocenters. The fourth-order valence-corrected chi connectivity index (χ4v) is 5.18. The maximum Gasteiger partial charge on any atom is 0.337 e. The minimum atomic E-state index is -0.973. The highest BCUT2D eigenvalue weighted by Crippen LogP contribution is 2.45. The molecule has 14 nitrogen and oxygen atoms in total. The second-order valence-corrected chi connectivity index (χ2v) is 10.2. The van der Waals surface area contributed by atoms with Crippen LogP contribution in [-0.2, 0) is 33.4 Å². The van der Waals surface area contributed by atoms with Crippen molar-refractivity contribution >= 4 is 41.1 Å². The third kappa shape index (κ3) is 7.44. The van der Waals surface area contributed by atoms with Gasteiger partial charge in [-0.1, -0.05) is 11.6 Å². The van der Waals surface area contributed by atoms with Crippen LogP contribution < -0.4 is 9.64 Å². The molecule has 0 bridgehead atoms. The molecule has 0 saturated carbocycles. The van der Waals surface area contributed by atoms with Crippen LogP contribution >= 0.6 is 11.6 Å². The average molecular weight is 619 g/mol. The van der Waals surface area contributed by atoms with Crippen molar-refractivity contribution in [3.63, 3.8) is 0 Å². The van der Waals surface area contributed by atoms with Gasteiger partial charge in [0.1, 0.15) is 5.75 Å².